The quantitative estimate of drug-likeness (QED) is 0.730. The average Bonchev–Trinajstić information content (AvgIpc) is 2.60. The van der Waals surface area contributed by atoms with Crippen LogP contribution in [0.1, 0.15) is 28.9 Å². The second-order valence-corrected chi connectivity index (χ2v) is 7.91. The molecule has 27 heavy (non-hydrogen) atoms. The third-order valence-electron chi connectivity index (χ3n) is 3.84. The summed E-state index contributed by atoms with van der Waals surface area (Å²) in [6.45, 7) is 1.51. The summed E-state index contributed by atoms with van der Waals surface area (Å²) in [5.74, 6) is -2.19. The molecule has 0 saturated heterocycles. The number of rotatable bonds is 6. The maximum atomic E-state index is 13.8. The normalized spacial score (nSPS) is 12.9. The van der Waals surface area contributed by atoms with Gasteiger partial charge in [0.05, 0.1) is 18.2 Å². The van der Waals surface area contributed by atoms with E-state index >= 15 is 0 Å². The van der Waals surface area contributed by atoms with Crippen LogP contribution < -0.4 is 5.32 Å². The predicted octanol–water partition coefficient (Wildman–Crippen LogP) is 3.29. The molecule has 1 amide bonds. The predicted molar refractivity (Wildman–Crippen MR) is 95.6 cm³/mol. The van der Waals surface area contributed by atoms with Crippen LogP contribution in [-0.2, 0) is 14.9 Å². The van der Waals surface area contributed by atoms with E-state index in [4.69, 9.17) is 11.6 Å². The van der Waals surface area contributed by atoms with Crippen molar-refractivity contribution in [3.63, 3.8) is 0 Å². The fraction of sp³-hybridized carbons (Fsp3) is 0.235. The van der Waals surface area contributed by atoms with Crippen molar-refractivity contribution >= 4 is 27.5 Å². The van der Waals surface area contributed by atoms with Crippen LogP contribution >= 0.6 is 11.6 Å². The van der Waals surface area contributed by atoms with Gasteiger partial charge in [-0.25, -0.2) is 17.2 Å². The highest BCUT2D eigenvalue weighted by Crippen LogP contribution is 2.26. The highest BCUT2D eigenvalue weighted by molar-refractivity contribution is 7.89. The van der Waals surface area contributed by atoms with Gasteiger partial charge in [-0.15, -0.1) is 0 Å². The molecule has 0 aliphatic rings. The fourth-order valence-electron chi connectivity index (χ4n) is 2.29. The van der Waals surface area contributed by atoms with Gasteiger partial charge in [0.1, 0.15) is 16.5 Å². The number of carbonyl (C=O) groups is 1. The van der Waals surface area contributed by atoms with Crippen molar-refractivity contribution in [2.24, 2.45) is 0 Å². The second-order valence-electron chi connectivity index (χ2n) is 5.60. The topological polar surface area (TPSA) is 75.7 Å². The van der Waals surface area contributed by atoms with E-state index in [-0.39, 0.29) is 21.0 Å². The van der Waals surface area contributed by atoms with Gasteiger partial charge in [-0.05, 0) is 31.2 Å². The number of hydroxylamine groups is 1. The minimum atomic E-state index is -4.07. The summed E-state index contributed by atoms with van der Waals surface area (Å²) in [6, 6.07) is 5.92. The molecule has 0 bridgehead atoms. The molecule has 0 spiro atoms. The average molecular weight is 419 g/mol. The number of hydrogen-bond acceptors (Lipinski definition) is 4. The van der Waals surface area contributed by atoms with Gasteiger partial charge >= 0.3 is 0 Å². The third kappa shape index (κ3) is 4.62. The van der Waals surface area contributed by atoms with Crippen LogP contribution in [0.15, 0.2) is 41.3 Å². The van der Waals surface area contributed by atoms with Crippen LogP contribution in [0.5, 0.6) is 0 Å². The van der Waals surface area contributed by atoms with E-state index in [0.717, 1.165) is 12.1 Å². The molecule has 1 N–H and O–H groups in total. The second kappa shape index (κ2) is 8.30. The van der Waals surface area contributed by atoms with Crippen LogP contribution in [0.2, 0.25) is 5.02 Å². The Hall–Kier alpha value is -2.07. The molecule has 146 valence electrons. The van der Waals surface area contributed by atoms with Gasteiger partial charge in [0.25, 0.3) is 15.9 Å². The summed E-state index contributed by atoms with van der Waals surface area (Å²) < 4.78 is 52.2. The van der Waals surface area contributed by atoms with Gasteiger partial charge in [-0.1, -0.05) is 22.1 Å². The van der Waals surface area contributed by atoms with Crippen molar-refractivity contribution < 1.29 is 26.8 Å². The monoisotopic (exact) mass is 418 g/mol. The highest BCUT2D eigenvalue weighted by atomic mass is 35.5. The molecule has 0 aliphatic carbocycles. The van der Waals surface area contributed by atoms with E-state index < -0.39 is 33.6 Å². The number of nitrogens with one attached hydrogen (secondary N) is 1. The van der Waals surface area contributed by atoms with Crippen molar-refractivity contribution in [1.29, 1.82) is 0 Å². The van der Waals surface area contributed by atoms with Gasteiger partial charge in [0.2, 0.25) is 0 Å². The van der Waals surface area contributed by atoms with Crippen LogP contribution in [-0.4, -0.2) is 33.0 Å². The lowest BCUT2D eigenvalue weighted by Gasteiger charge is -2.17. The van der Waals surface area contributed by atoms with E-state index in [1.807, 2.05) is 0 Å². The molecule has 0 aromatic heterocycles. The summed E-state index contributed by atoms with van der Waals surface area (Å²) in [4.78, 5) is 16.8. The van der Waals surface area contributed by atoms with Crippen molar-refractivity contribution in [2.45, 2.75) is 17.9 Å². The molecule has 0 aliphatic heterocycles. The summed E-state index contributed by atoms with van der Waals surface area (Å²) in [5, 5.41) is 2.44. The minimum absolute atomic E-state index is 0.00292. The first-order chi connectivity index (χ1) is 12.6. The van der Waals surface area contributed by atoms with Gasteiger partial charge in [-0.3, -0.25) is 9.63 Å². The number of hydrogen-bond donors (Lipinski definition) is 1. The number of benzene rings is 2. The molecule has 1 atom stereocenters. The van der Waals surface area contributed by atoms with Crippen LogP contribution in [0.4, 0.5) is 8.78 Å². The Labute approximate surface area is 160 Å². The number of amides is 1. The maximum absolute atomic E-state index is 13.8. The lowest BCUT2D eigenvalue weighted by Crippen LogP contribution is -2.29. The molecule has 2 rings (SSSR count). The lowest BCUT2D eigenvalue weighted by atomic mass is 10.1. The van der Waals surface area contributed by atoms with Gasteiger partial charge in [0.15, 0.2) is 0 Å². The first-order valence-electron chi connectivity index (χ1n) is 7.66. The van der Waals surface area contributed by atoms with E-state index in [1.54, 1.807) is 0 Å². The van der Waals surface area contributed by atoms with E-state index in [2.05, 4.69) is 10.2 Å². The molecule has 10 heteroatoms. The molecule has 0 radical (unpaired) electrons. The molecule has 2 aromatic rings. The first kappa shape index (κ1) is 21.2. The van der Waals surface area contributed by atoms with Crippen LogP contribution in [0, 0.1) is 11.6 Å². The smallest absolute Gasteiger partial charge is 0.266 e. The van der Waals surface area contributed by atoms with Gasteiger partial charge < -0.3 is 5.32 Å². The largest absolute Gasteiger partial charge is 0.345 e. The van der Waals surface area contributed by atoms with Crippen molar-refractivity contribution in [3.05, 3.63) is 64.2 Å². The number of halogens is 3. The standard InChI is InChI=1S/C17H17ClF2N2O4S/c1-10(13-6-5-12(19)9-15(13)20)21-17(23)11-4-7-14(18)16(8-11)27(24,25)22(2)26-3/h4-10H,1-3H3,(H,21,23). The molecule has 6 nitrogen and oxygen atoms in total. The Kier molecular flexibility index (Phi) is 6.53. The zero-order chi connectivity index (χ0) is 20.4. The Morgan fingerprint density at radius 1 is 1.22 bits per heavy atom. The Balaban J connectivity index is 2.30. The van der Waals surface area contributed by atoms with E-state index in [9.17, 15) is 22.0 Å². The molecular formula is C17H17ClF2N2O4S. The van der Waals surface area contributed by atoms with Crippen molar-refractivity contribution in [1.82, 2.24) is 9.79 Å². The third-order valence-corrected chi connectivity index (χ3v) is 6.00. The fourth-order valence-corrected chi connectivity index (χ4v) is 3.76. The van der Waals surface area contributed by atoms with Crippen molar-refractivity contribution in [3.8, 4) is 0 Å². The van der Waals surface area contributed by atoms with Crippen molar-refractivity contribution in [2.75, 3.05) is 14.2 Å². The van der Waals surface area contributed by atoms with Crippen LogP contribution in [0.3, 0.4) is 0 Å². The van der Waals surface area contributed by atoms with E-state index in [1.165, 1.54) is 39.3 Å². The Bertz CT molecular complexity index is 969. The molecular weight excluding hydrogens is 402 g/mol. The Morgan fingerprint density at radius 3 is 2.48 bits per heavy atom. The molecule has 0 heterocycles. The molecule has 1 unspecified atom stereocenters. The van der Waals surface area contributed by atoms with E-state index in [0.29, 0.717) is 10.5 Å². The highest BCUT2D eigenvalue weighted by Gasteiger charge is 2.25. The minimum Gasteiger partial charge on any atom is -0.345 e. The maximum Gasteiger partial charge on any atom is 0.266 e. The Morgan fingerprint density at radius 2 is 1.89 bits per heavy atom. The van der Waals surface area contributed by atoms with Gasteiger partial charge in [0, 0.05) is 24.2 Å². The zero-order valence-electron chi connectivity index (χ0n) is 14.7. The number of sulfonamides is 1. The summed E-state index contributed by atoms with van der Waals surface area (Å²) >= 11 is 5.95. The summed E-state index contributed by atoms with van der Waals surface area (Å²) in [6.07, 6.45) is 0. The molecule has 0 fully saturated rings. The zero-order valence-corrected chi connectivity index (χ0v) is 16.2. The summed E-state index contributed by atoms with van der Waals surface area (Å²) in [5.41, 5.74) is 0.0857. The number of carbonyl (C=O) groups excluding carboxylic acids is 1. The van der Waals surface area contributed by atoms with Gasteiger partial charge in [-0.2, -0.15) is 0 Å². The summed E-state index contributed by atoms with van der Waals surface area (Å²) in [7, 11) is -1.72. The number of nitrogens with zero attached hydrogens (tertiary/aromatic N) is 1. The first-order valence-corrected chi connectivity index (χ1v) is 9.48. The van der Waals surface area contributed by atoms with Crippen LogP contribution in [0.25, 0.3) is 0 Å². The molecule has 2 aromatic carbocycles. The SMILES string of the molecule is CON(C)S(=O)(=O)c1cc(C(=O)NC(C)c2ccc(F)cc2F)ccc1Cl. The molecule has 0 saturated carbocycles. The lowest BCUT2D eigenvalue weighted by molar-refractivity contribution is -0.0258.